The van der Waals surface area contributed by atoms with Crippen LogP contribution in [-0.4, -0.2) is 19.1 Å². The van der Waals surface area contributed by atoms with Crippen molar-refractivity contribution < 1.29 is 0 Å². The van der Waals surface area contributed by atoms with Crippen LogP contribution in [0.15, 0.2) is 0 Å². The predicted octanol–water partition coefficient (Wildman–Crippen LogP) is 2.39. The molecule has 13 heavy (non-hydrogen) atoms. The van der Waals surface area contributed by atoms with Crippen molar-refractivity contribution in [3.05, 3.63) is 0 Å². The van der Waals surface area contributed by atoms with Crippen molar-refractivity contribution in [2.24, 2.45) is 11.1 Å². The lowest BCUT2D eigenvalue weighted by atomic mass is 9.81. The van der Waals surface area contributed by atoms with Crippen LogP contribution < -0.4 is 11.1 Å². The molecule has 1 aliphatic rings. The average Bonchev–Trinajstić information content (AvgIpc) is 2.17. The van der Waals surface area contributed by atoms with E-state index in [1.54, 1.807) is 0 Å². The molecule has 1 saturated heterocycles. The Labute approximate surface area is 84.3 Å². The average molecular weight is 188 g/mol. The van der Waals surface area contributed by atoms with Crippen LogP contribution in [0.1, 0.15) is 48.0 Å². The lowest BCUT2D eigenvalue weighted by Crippen LogP contribution is -2.50. The molecule has 0 aromatic heterocycles. The highest BCUT2D eigenvalue weighted by Crippen LogP contribution is 2.22. The molecule has 1 atom stereocenters. The van der Waals surface area contributed by atoms with Gasteiger partial charge in [0.25, 0.3) is 0 Å². The molecule has 1 fully saturated rings. The van der Waals surface area contributed by atoms with Crippen molar-refractivity contribution in [2.75, 3.05) is 13.1 Å². The minimum Gasteiger partial charge on any atom is -0.327 e. The third kappa shape index (κ3) is 6.05. The zero-order valence-electron chi connectivity index (χ0n) is 10.3. The van der Waals surface area contributed by atoms with Gasteiger partial charge in [0.15, 0.2) is 0 Å². The molecule has 0 aliphatic carbocycles. The molecule has 0 radical (unpaired) electrons. The molecule has 0 aromatic rings. The Morgan fingerprint density at radius 3 is 1.85 bits per heavy atom. The first-order chi connectivity index (χ1) is 6.13. The molecule has 0 saturated carbocycles. The van der Waals surface area contributed by atoms with Gasteiger partial charge in [-0.2, -0.15) is 0 Å². The summed E-state index contributed by atoms with van der Waals surface area (Å²) in [5.74, 6) is 0. The maximum Gasteiger partial charge on any atom is 0.0114 e. The number of hydrogen-bond donors (Lipinski definition) is 2. The minimum atomic E-state index is 0.304. The van der Waals surface area contributed by atoms with E-state index in [1.165, 1.54) is 0 Å². The Balaban J connectivity index is 0. The summed E-state index contributed by atoms with van der Waals surface area (Å²) < 4.78 is 0. The Kier molecular flexibility index (Phi) is 10.1. The summed E-state index contributed by atoms with van der Waals surface area (Å²) in [5.41, 5.74) is 6.18. The van der Waals surface area contributed by atoms with Gasteiger partial charge >= 0.3 is 0 Å². The van der Waals surface area contributed by atoms with Crippen molar-refractivity contribution in [3.8, 4) is 0 Å². The Morgan fingerprint density at radius 1 is 1.15 bits per heavy atom. The van der Waals surface area contributed by atoms with Crippen molar-refractivity contribution >= 4 is 0 Å². The second kappa shape index (κ2) is 8.52. The van der Waals surface area contributed by atoms with Gasteiger partial charge in [0.1, 0.15) is 0 Å². The molecule has 1 heterocycles. The van der Waals surface area contributed by atoms with Crippen LogP contribution in [0, 0.1) is 5.41 Å². The van der Waals surface area contributed by atoms with Gasteiger partial charge in [-0.05, 0) is 18.4 Å². The fraction of sp³-hybridized carbons (Fsp3) is 1.00. The fourth-order valence-electron chi connectivity index (χ4n) is 1.19. The summed E-state index contributed by atoms with van der Waals surface area (Å²) >= 11 is 0. The second-order valence-electron chi connectivity index (χ2n) is 3.56. The molecule has 1 aliphatic heterocycles. The van der Waals surface area contributed by atoms with Gasteiger partial charge in [-0.3, -0.25) is 0 Å². The zero-order valence-corrected chi connectivity index (χ0v) is 10.3. The lowest BCUT2D eigenvalue weighted by molar-refractivity contribution is 0.221. The maximum atomic E-state index is 5.87. The molecule has 1 rings (SSSR count). The third-order valence-corrected chi connectivity index (χ3v) is 2.22. The molecule has 2 nitrogen and oxygen atoms in total. The number of piperidine rings is 1. The van der Waals surface area contributed by atoms with Gasteiger partial charge in [0.05, 0.1) is 0 Å². The van der Waals surface area contributed by atoms with Crippen molar-refractivity contribution in [1.29, 1.82) is 0 Å². The molecular weight excluding hydrogens is 160 g/mol. The van der Waals surface area contributed by atoms with Crippen LogP contribution in [0.2, 0.25) is 0 Å². The molecule has 3 N–H and O–H groups in total. The molecule has 82 valence electrons. The van der Waals surface area contributed by atoms with E-state index in [-0.39, 0.29) is 0 Å². The van der Waals surface area contributed by atoms with Crippen LogP contribution in [0.5, 0.6) is 0 Å². The van der Waals surface area contributed by atoms with Gasteiger partial charge in [-0.1, -0.05) is 41.5 Å². The van der Waals surface area contributed by atoms with E-state index < -0.39 is 0 Å². The minimum absolute atomic E-state index is 0.304. The van der Waals surface area contributed by atoms with Gasteiger partial charge in [0.2, 0.25) is 0 Å². The lowest BCUT2D eigenvalue weighted by Gasteiger charge is -2.36. The maximum absolute atomic E-state index is 5.87. The highest BCUT2D eigenvalue weighted by atomic mass is 14.9. The van der Waals surface area contributed by atoms with Crippen molar-refractivity contribution in [1.82, 2.24) is 5.32 Å². The van der Waals surface area contributed by atoms with E-state index in [0.29, 0.717) is 11.5 Å². The Bertz CT molecular complexity index is 100. The molecule has 1 unspecified atom stereocenters. The first-order valence-electron chi connectivity index (χ1n) is 5.59. The first kappa shape index (κ1) is 15.4. The molecule has 0 aromatic carbocycles. The van der Waals surface area contributed by atoms with Crippen molar-refractivity contribution in [3.63, 3.8) is 0 Å². The standard InChI is InChI=1S/C7H16N2.2C2H6/c1-7(2)5-9-4-3-6(7)8;2*1-2/h6,9H,3-5,8H2,1-2H3;2*1-2H3. The number of nitrogens with one attached hydrogen (secondary N) is 1. The summed E-state index contributed by atoms with van der Waals surface area (Å²) in [6.07, 6.45) is 1.12. The van der Waals surface area contributed by atoms with Crippen LogP contribution >= 0.6 is 0 Å². The monoisotopic (exact) mass is 188 g/mol. The molecule has 0 amide bonds. The summed E-state index contributed by atoms with van der Waals surface area (Å²) in [4.78, 5) is 0. The first-order valence-corrected chi connectivity index (χ1v) is 5.59. The summed E-state index contributed by atoms with van der Waals surface area (Å²) in [6, 6.07) is 0.388. The summed E-state index contributed by atoms with van der Waals surface area (Å²) in [7, 11) is 0. The fourth-order valence-corrected chi connectivity index (χ4v) is 1.19. The molecule has 0 bridgehead atoms. The normalized spacial score (nSPS) is 24.7. The number of nitrogens with two attached hydrogens (primary N) is 1. The largest absolute Gasteiger partial charge is 0.327 e. The van der Waals surface area contributed by atoms with Gasteiger partial charge in [0, 0.05) is 12.6 Å². The van der Waals surface area contributed by atoms with E-state index in [1.807, 2.05) is 27.7 Å². The highest BCUT2D eigenvalue weighted by Gasteiger charge is 2.28. The smallest absolute Gasteiger partial charge is 0.0114 e. The summed E-state index contributed by atoms with van der Waals surface area (Å²) in [5, 5.41) is 3.33. The van der Waals surface area contributed by atoms with Gasteiger partial charge < -0.3 is 11.1 Å². The Hall–Kier alpha value is -0.0800. The SMILES string of the molecule is CC.CC.CC1(C)CNCCC1N. The van der Waals surface area contributed by atoms with E-state index >= 15 is 0 Å². The van der Waals surface area contributed by atoms with Gasteiger partial charge in [-0.15, -0.1) is 0 Å². The Morgan fingerprint density at radius 2 is 1.62 bits per heavy atom. The van der Waals surface area contributed by atoms with Crippen LogP contribution in [0.4, 0.5) is 0 Å². The van der Waals surface area contributed by atoms with Crippen LogP contribution in [0.3, 0.4) is 0 Å². The molecular formula is C11H28N2. The number of rotatable bonds is 0. The van der Waals surface area contributed by atoms with E-state index in [0.717, 1.165) is 19.5 Å². The third-order valence-electron chi connectivity index (χ3n) is 2.22. The quantitative estimate of drug-likeness (QED) is 0.612. The van der Waals surface area contributed by atoms with E-state index in [9.17, 15) is 0 Å². The van der Waals surface area contributed by atoms with E-state index in [2.05, 4.69) is 19.2 Å². The summed E-state index contributed by atoms with van der Waals surface area (Å²) in [6.45, 7) is 14.6. The molecule has 2 heteroatoms. The van der Waals surface area contributed by atoms with Crippen LogP contribution in [0.25, 0.3) is 0 Å². The van der Waals surface area contributed by atoms with Gasteiger partial charge in [-0.25, -0.2) is 0 Å². The van der Waals surface area contributed by atoms with Crippen LogP contribution in [-0.2, 0) is 0 Å². The van der Waals surface area contributed by atoms with E-state index in [4.69, 9.17) is 5.73 Å². The van der Waals surface area contributed by atoms with Crippen molar-refractivity contribution in [2.45, 2.75) is 54.0 Å². The highest BCUT2D eigenvalue weighted by molar-refractivity contribution is 4.87. The zero-order chi connectivity index (χ0) is 10.9. The predicted molar refractivity (Wildman–Crippen MR) is 61.9 cm³/mol. The molecule has 0 spiro atoms. The topological polar surface area (TPSA) is 38.0 Å². The number of hydrogen-bond acceptors (Lipinski definition) is 2. The second-order valence-corrected chi connectivity index (χ2v) is 3.56.